The Morgan fingerprint density at radius 1 is 1.12 bits per heavy atom. The zero-order valence-electron chi connectivity index (χ0n) is 13.2. The van der Waals surface area contributed by atoms with Crippen molar-refractivity contribution in [2.45, 2.75) is 0 Å². The predicted octanol–water partition coefficient (Wildman–Crippen LogP) is 3.57. The van der Waals surface area contributed by atoms with E-state index >= 15 is 0 Å². The van der Waals surface area contributed by atoms with E-state index in [1.165, 1.54) is 17.7 Å². The molecule has 1 aromatic heterocycles. The molecule has 0 fully saturated rings. The van der Waals surface area contributed by atoms with Crippen LogP contribution < -0.4 is 10.4 Å². The minimum absolute atomic E-state index is 0.187. The van der Waals surface area contributed by atoms with Gasteiger partial charge in [0.1, 0.15) is 4.88 Å². The fraction of sp³-hybridized carbons (Fsp3) is 0.0556. The molecule has 0 bridgehead atoms. The van der Waals surface area contributed by atoms with Gasteiger partial charge in [-0.15, -0.1) is 0 Å². The van der Waals surface area contributed by atoms with E-state index in [-0.39, 0.29) is 10.4 Å². The third-order valence-electron chi connectivity index (χ3n) is 3.32. The van der Waals surface area contributed by atoms with Crippen molar-refractivity contribution < 1.29 is 9.53 Å². The Bertz CT molecular complexity index is 1020. The molecule has 1 heterocycles. The van der Waals surface area contributed by atoms with Crippen LogP contribution in [-0.4, -0.2) is 17.6 Å². The molecule has 0 unspecified atom stereocenters. The molecule has 0 atom stereocenters. The number of para-hydroxylation sites is 1. The second-order valence-electron chi connectivity index (χ2n) is 4.98. The minimum atomic E-state index is -0.574. The number of benzene rings is 2. The van der Waals surface area contributed by atoms with Gasteiger partial charge in [-0.2, -0.15) is 0 Å². The molecule has 0 spiro atoms. The van der Waals surface area contributed by atoms with E-state index in [9.17, 15) is 9.59 Å². The first-order chi connectivity index (χ1) is 12.1. The molecule has 0 saturated heterocycles. The van der Waals surface area contributed by atoms with Gasteiger partial charge >= 0.3 is 5.97 Å². The summed E-state index contributed by atoms with van der Waals surface area (Å²) in [7, 11) is 1.27. The summed E-state index contributed by atoms with van der Waals surface area (Å²) in [6, 6.07) is 17.3. The average molecular weight is 373 g/mol. The van der Waals surface area contributed by atoms with Crippen molar-refractivity contribution in [3.8, 4) is 5.69 Å². The largest absolute Gasteiger partial charge is 0.465 e. The quantitative estimate of drug-likeness (QED) is 0.660. The van der Waals surface area contributed by atoms with Gasteiger partial charge in [0.15, 0.2) is 4.80 Å². The SMILES string of the molecule is COC(=O)c1cc(=O)n(-c2ccc(Cl)cc2)c(=Nc2ccccc2)s1. The molecule has 0 aliphatic heterocycles. The molecule has 3 rings (SSSR count). The first-order valence-corrected chi connectivity index (χ1v) is 8.49. The van der Waals surface area contributed by atoms with Gasteiger partial charge in [0, 0.05) is 11.1 Å². The molecule has 0 N–H and O–H groups in total. The molecular formula is C18H13ClN2O3S. The summed E-state index contributed by atoms with van der Waals surface area (Å²) in [6.45, 7) is 0. The fourth-order valence-corrected chi connectivity index (χ4v) is 3.25. The number of hydrogen-bond acceptors (Lipinski definition) is 5. The van der Waals surface area contributed by atoms with Crippen molar-refractivity contribution in [2.75, 3.05) is 7.11 Å². The van der Waals surface area contributed by atoms with E-state index in [1.54, 1.807) is 24.3 Å². The summed E-state index contributed by atoms with van der Waals surface area (Å²) in [5.74, 6) is -0.574. The van der Waals surface area contributed by atoms with Crippen LogP contribution in [0.4, 0.5) is 5.69 Å². The van der Waals surface area contributed by atoms with Crippen molar-refractivity contribution in [2.24, 2.45) is 4.99 Å². The number of halogens is 1. The van der Waals surface area contributed by atoms with Gasteiger partial charge in [-0.05, 0) is 36.4 Å². The topological polar surface area (TPSA) is 60.7 Å². The van der Waals surface area contributed by atoms with Crippen molar-refractivity contribution in [3.63, 3.8) is 0 Å². The minimum Gasteiger partial charge on any atom is -0.465 e. The number of ether oxygens (including phenoxy) is 1. The number of carbonyl (C=O) groups is 1. The summed E-state index contributed by atoms with van der Waals surface area (Å²) < 4.78 is 6.15. The Labute approximate surface area is 152 Å². The van der Waals surface area contributed by atoms with Gasteiger partial charge in [0.05, 0.1) is 18.5 Å². The molecule has 25 heavy (non-hydrogen) atoms. The van der Waals surface area contributed by atoms with E-state index in [4.69, 9.17) is 16.3 Å². The number of methoxy groups -OCH3 is 1. The molecule has 7 heteroatoms. The van der Waals surface area contributed by atoms with Crippen molar-refractivity contribution in [1.82, 2.24) is 4.57 Å². The Morgan fingerprint density at radius 2 is 1.80 bits per heavy atom. The molecule has 0 aliphatic rings. The Balaban J connectivity index is 2.30. The lowest BCUT2D eigenvalue weighted by Gasteiger charge is -2.08. The normalized spacial score (nSPS) is 11.4. The van der Waals surface area contributed by atoms with Crippen LogP contribution in [0, 0.1) is 0 Å². The van der Waals surface area contributed by atoms with Crippen LogP contribution in [0.5, 0.6) is 0 Å². The van der Waals surface area contributed by atoms with E-state index in [0.29, 0.717) is 21.2 Å². The summed E-state index contributed by atoms with van der Waals surface area (Å²) >= 11 is 7.00. The molecular weight excluding hydrogens is 360 g/mol. The highest BCUT2D eigenvalue weighted by Gasteiger charge is 2.12. The van der Waals surface area contributed by atoms with Gasteiger partial charge in [-0.3, -0.25) is 9.36 Å². The highest BCUT2D eigenvalue weighted by molar-refractivity contribution is 7.11. The van der Waals surface area contributed by atoms with Gasteiger partial charge < -0.3 is 4.74 Å². The maximum Gasteiger partial charge on any atom is 0.348 e. The first kappa shape index (κ1) is 17.1. The molecule has 0 amide bonds. The standard InChI is InChI=1S/C18H13ClN2O3S/c1-24-17(23)15-11-16(22)21(14-9-7-12(19)8-10-14)18(25-15)20-13-5-3-2-4-6-13/h2-11H,1H3. The molecule has 126 valence electrons. The third-order valence-corrected chi connectivity index (χ3v) is 4.53. The number of carbonyl (C=O) groups excluding carboxylic acids is 1. The average Bonchev–Trinajstić information content (AvgIpc) is 2.63. The van der Waals surface area contributed by atoms with Crippen LogP contribution in [0.25, 0.3) is 5.69 Å². The van der Waals surface area contributed by atoms with Gasteiger partial charge in [-0.25, -0.2) is 9.79 Å². The van der Waals surface area contributed by atoms with Gasteiger partial charge in [0.25, 0.3) is 5.56 Å². The van der Waals surface area contributed by atoms with Crippen LogP contribution in [0.3, 0.4) is 0 Å². The lowest BCUT2D eigenvalue weighted by molar-refractivity contribution is 0.0606. The second-order valence-corrected chi connectivity index (χ2v) is 6.43. The van der Waals surface area contributed by atoms with Crippen molar-refractivity contribution in [1.29, 1.82) is 0 Å². The smallest absolute Gasteiger partial charge is 0.348 e. The zero-order chi connectivity index (χ0) is 17.8. The molecule has 3 aromatic rings. The second kappa shape index (κ2) is 7.46. The molecule has 2 aromatic carbocycles. The highest BCUT2D eigenvalue weighted by atomic mass is 35.5. The Kier molecular flexibility index (Phi) is 5.11. The summed E-state index contributed by atoms with van der Waals surface area (Å²) in [5.41, 5.74) is 0.899. The van der Waals surface area contributed by atoms with Crippen LogP contribution in [0.1, 0.15) is 9.67 Å². The van der Waals surface area contributed by atoms with Gasteiger partial charge in [0.2, 0.25) is 0 Å². The maximum atomic E-state index is 12.6. The van der Waals surface area contributed by atoms with Crippen molar-refractivity contribution >= 4 is 34.6 Å². The molecule has 0 saturated carbocycles. The zero-order valence-corrected chi connectivity index (χ0v) is 14.8. The van der Waals surface area contributed by atoms with Crippen molar-refractivity contribution in [3.05, 3.63) is 85.7 Å². The van der Waals surface area contributed by atoms with E-state index < -0.39 is 5.97 Å². The lowest BCUT2D eigenvalue weighted by atomic mass is 10.3. The monoisotopic (exact) mass is 372 g/mol. The number of hydrogen-bond donors (Lipinski definition) is 0. The molecule has 0 aliphatic carbocycles. The van der Waals surface area contributed by atoms with E-state index in [2.05, 4.69) is 4.99 Å². The van der Waals surface area contributed by atoms with Crippen LogP contribution >= 0.6 is 22.9 Å². The Hall–Kier alpha value is -2.70. The maximum absolute atomic E-state index is 12.6. The summed E-state index contributed by atoms with van der Waals surface area (Å²) in [6.07, 6.45) is 0. The van der Waals surface area contributed by atoms with Crippen LogP contribution in [0.2, 0.25) is 5.02 Å². The van der Waals surface area contributed by atoms with E-state index in [0.717, 1.165) is 11.3 Å². The summed E-state index contributed by atoms with van der Waals surface area (Å²) in [4.78, 5) is 29.5. The number of aromatic nitrogens is 1. The first-order valence-electron chi connectivity index (χ1n) is 7.30. The van der Waals surface area contributed by atoms with Crippen LogP contribution in [-0.2, 0) is 4.74 Å². The number of esters is 1. The van der Waals surface area contributed by atoms with Gasteiger partial charge in [-0.1, -0.05) is 41.1 Å². The molecule has 0 radical (unpaired) electrons. The summed E-state index contributed by atoms with van der Waals surface area (Å²) in [5, 5.41) is 0.563. The number of nitrogens with zero attached hydrogens (tertiary/aromatic N) is 2. The number of rotatable bonds is 3. The Morgan fingerprint density at radius 3 is 2.44 bits per heavy atom. The third kappa shape index (κ3) is 3.87. The van der Waals surface area contributed by atoms with Crippen LogP contribution in [0.15, 0.2) is 70.5 Å². The highest BCUT2D eigenvalue weighted by Crippen LogP contribution is 2.14. The fourth-order valence-electron chi connectivity index (χ4n) is 2.16. The lowest BCUT2D eigenvalue weighted by Crippen LogP contribution is -2.31. The van der Waals surface area contributed by atoms with E-state index in [1.807, 2.05) is 30.3 Å². The molecule has 5 nitrogen and oxygen atoms in total. The predicted molar refractivity (Wildman–Crippen MR) is 97.9 cm³/mol.